The van der Waals surface area contributed by atoms with Crippen molar-refractivity contribution in [2.45, 2.75) is 38.9 Å². The van der Waals surface area contributed by atoms with Gasteiger partial charge in [-0.25, -0.2) is 9.69 Å². The molecule has 3 atom stereocenters. The van der Waals surface area contributed by atoms with E-state index in [4.69, 9.17) is 16.7 Å². The van der Waals surface area contributed by atoms with E-state index in [1.165, 1.54) is 4.90 Å². The topological polar surface area (TPSA) is 71.5 Å². The van der Waals surface area contributed by atoms with Crippen LogP contribution in [0.25, 0.3) is 0 Å². The Kier molecular flexibility index (Phi) is 5.33. The van der Waals surface area contributed by atoms with Crippen LogP contribution in [-0.2, 0) is 11.3 Å². The summed E-state index contributed by atoms with van der Waals surface area (Å²) in [6.07, 6.45) is 2.99. The molecule has 9 heteroatoms. The molecular weight excluding hydrogens is 392 g/mol. The Morgan fingerprint density at radius 1 is 1.28 bits per heavy atom. The van der Waals surface area contributed by atoms with E-state index in [0.29, 0.717) is 18.1 Å². The number of nitrogens with zero attached hydrogens (tertiary/aromatic N) is 5. The summed E-state index contributed by atoms with van der Waals surface area (Å²) in [7, 11) is 1.73. The number of amides is 3. The standard InChI is InChI=1S/C20H25ClN6O2/c1-4-5-10-25-18(28)16-17(24(3)20(25)29)22-19-26(16)11-13(2)23-27(19)12-14-6-8-15(21)9-7-14/h4-9,16-17,19,22H,10-12H2,1-3H3/b5-4+. The van der Waals surface area contributed by atoms with Gasteiger partial charge < -0.3 is 4.90 Å². The van der Waals surface area contributed by atoms with Crippen LogP contribution in [0.1, 0.15) is 19.4 Å². The molecule has 3 aliphatic heterocycles. The monoisotopic (exact) mass is 416 g/mol. The highest BCUT2D eigenvalue weighted by molar-refractivity contribution is 6.30. The van der Waals surface area contributed by atoms with Gasteiger partial charge in [0.05, 0.1) is 6.54 Å². The fourth-order valence-corrected chi connectivity index (χ4v) is 4.25. The summed E-state index contributed by atoms with van der Waals surface area (Å²) in [4.78, 5) is 31.0. The molecule has 3 unspecified atom stereocenters. The lowest BCUT2D eigenvalue weighted by molar-refractivity contribution is -0.138. The smallest absolute Gasteiger partial charge is 0.310 e. The van der Waals surface area contributed by atoms with Gasteiger partial charge in [0.1, 0.15) is 12.2 Å². The van der Waals surface area contributed by atoms with Gasteiger partial charge in [-0.15, -0.1) is 0 Å². The number of carbonyl (C=O) groups excluding carboxylic acids is 2. The Bertz CT molecular complexity index is 870. The molecule has 1 N–H and O–H groups in total. The van der Waals surface area contributed by atoms with Crippen LogP contribution >= 0.6 is 11.6 Å². The number of rotatable bonds is 4. The third kappa shape index (κ3) is 3.52. The lowest BCUT2D eigenvalue weighted by Gasteiger charge is -2.42. The Balaban J connectivity index is 1.61. The molecule has 3 aliphatic rings. The quantitative estimate of drug-likeness (QED) is 0.759. The van der Waals surface area contributed by atoms with E-state index in [1.54, 1.807) is 11.9 Å². The lowest BCUT2D eigenvalue weighted by atomic mass is 10.1. The van der Waals surface area contributed by atoms with Gasteiger partial charge in [-0.1, -0.05) is 35.9 Å². The number of hydrazone groups is 1. The molecule has 1 aromatic carbocycles. The van der Waals surface area contributed by atoms with Gasteiger partial charge >= 0.3 is 6.03 Å². The number of nitrogens with one attached hydrogen (secondary N) is 1. The highest BCUT2D eigenvalue weighted by Gasteiger charge is 2.56. The van der Waals surface area contributed by atoms with Crippen LogP contribution in [0.3, 0.4) is 0 Å². The third-order valence-electron chi connectivity index (χ3n) is 5.53. The van der Waals surface area contributed by atoms with Crippen molar-refractivity contribution in [3.8, 4) is 0 Å². The first-order valence-corrected chi connectivity index (χ1v) is 10.0. The van der Waals surface area contributed by atoms with Gasteiger partial charge in [0.2, 0.25) is 0 Å². The number of benzene rings is 1. The van der Waals surface area contributed by atoms with Crippen molar-refractivity contribution >= 4 is 29.3 Å². The van der Waals surface area contributed by atoms with Crippen molar-refractivity contribution in [3.05, 3.63) is 47.0 Å². The molecule has 4 rings (SSSR count). The largest absolute Gasteiger partial charge is 0.328 e. The van der Waals surface area contributed by atoms with Crippen molar-refractivity contribution in [2.75, 3.05) is 20.1 Å². The molecule has 8 nitrogen and oxygen atoms in total. The van der Waals surface area contributed by atoms with E-state index in [0.717, 1.165) is 11.3 Å². The van der Waals surface area contributed by atoms with E-state index < -0.39 is 12.2 Å². The van der Waals surface area contributed by atoms with E-state index in [-0.39, 0.29) is 24.8 Å². The Hall–Kier alpha value is -2.42. The fourth-order valence-electron chi connectivity index (χ4n) is 4.13. The van der Waals surface area contributed by atoms with Gasteiger partial charge in [-0.2, -0.15) is 5.10 Å². The first-order chi connectivity index (χ1) is 13.9. The first kappa shape index (κ1) is 19.9. The molecule has 0 spiro atoms. The van der Waals surface area contributed by atoms with Gasteiger partial charge in [-0.05, 0) is 31.5 Å². The Morgan fingerprint density at radius 2 is 2.00 bits per heavy atom. The number of imide groups is 1. The van der Waals surface area contributed by atoms with Crippen molar-refractivity contribution in [1.29, 1.82) is 0 Å². The normalized spacial score (nSPS) is 27.5. The third-order valence-corrected chi connectivity index (χ3v) is 5.79. The molecule has 1 aromatic rings. The molecule has 2 saturated heterocycles. The van der Waals surface area contributed by atoms with Crippen molar-refractivity contribution in [2.24, 2.45) is 5.10 Å². The second-order valence-corrected chi connectivity index (χ2v) is 8.01. The molecule has 154 valence electrons. The fraction of sp³-hybridized carbons (Fsp3) is 0.450. The van der Waals surface area contributed by atoms with E-state index in [9.17, 15) is 9.59 Å². The molecule has 0 radical (unpaired) electrons. The number of likely N-dealkylation sites (N-methyl/N-ethyl adjacent to an activating group) is 1. The van der Waals surface area contributed by atoms with Crippen LogP contribution in [0.5, 0.6) is 0 Å². The second-order valence-electron chi connectivity index (χ2n) is 7.57. The summed E-state index contributed by atoms with van der Waals surface area (Å²) >= 11 is 6.00. The maximum absolute atomic E-state index is 13.2. The molecule has 2 fully saturated rings. The average Bonchev–Trinajstić information content (AvgIpc) is 3.08. The van der Waals surface area contributed by atoms with Gasteiger partial charge in [-0.3, -0.25) is 20.0 Å². The van der Waals surface area contributed by atoms with Crippen molar-refractivity contribution in [3.63, 3.8) is 0 Å². The van der Waals surface area contributed by atoms with Gasteiger partial charge in [0.15, 0.2) is 6.29 Å². The molecule has 0 bridgehead atoms. The summed E-state index contributed by atoms with van der Waals surface area (Å²) in [5.74, 6) is -0.174. The van der Waals surface area contributed by atoms with Gasteiger partial charge in [0.25, 0.3) is 5.91 Å². The van der Waals surface area contributed by atoms with Crippen LogP contribution in [0.2, 0.25) is 5.02 Å². The summed E-state index contributed by atoms with van der Waals surface area (Å²) in [6, 6.07) is 6.90. The number of carbonyl (C=O) groups is 2. The van der Waals surface area contributed by atoms with E-state index >= 15 is 0 Å². The van der Waals surface area contributed by atoms with E-state index in [2.05, 4.69) is 10.2 Å². The van der Waals surface area contributed by atoms with Crippen molar-refractivity contribution < 1.29 is 9.59 Å². The number of halogens is 1. The molecular formula is C20H25ClN6O2. The van der Waals surface area contributed by atoms with Gasteiger partial charge in [0, 0.05) is 30.9 Å². The number of hydrogen-bond donors (Lipinski definition) is 1. The highest BCUT2D eigenvalue weighted by Crippen LogP contribution is 2.31. The maximum Gasteiger partial charge on any atom is 0.328 e. The van der Waals surface area contributed by atoms with Crippen molar-refractivity contribution in [1.82, 2.24) is 25.0 Å². The molecule has 0 aromatic heterocycles. The second kappa shape index (κ2) is 7.78. The lowest BCUT2D eigenvalue weighted by Crippen LogP contribution is -2.66. The minimum absolute atomic E-state index is 0.174. The summed E-state index contributed by atoms with van der Waals surface area (Å²) < 4.78 is 0. The minimum atomic E-state index is -0.453. The molecule has 3 heterocycles. The zero-order chi connectivity index (χ0) is 20.7. The van der Waals surface area contributed by atoms with Crippen LogP contribution in [0.4, 0.5) is 4.79 Å². The number of fused-ring (bicyclic) bond motifs is 3. The summed E-state index contributed by atoms with van der Waals surface area (Å²) in [5.41, 5.74) is 1.99. The predicted molar refractivity (Wildman–Crippen MR) is 111 cm³/mol. The summed E-state index contributed by atoms with van der Waals surface area (Å²) in [5, 5.41) is 10.8. The van der Waals surface area contributed by atoms with E-state index in [1.807, 2.05) is 55.3 Å². The Morgan fingerprint density at radius 3 is 2.69 bits per heavy atom. The number of urea groups is 1. The maximum atomic E-state index is 13.2. The van der Waals surface area contributed by atoms with Crippen LogP contribution in [0, 0.1) is 0 Å². The zero-order valence-electron chi connectivity index (χ0n) is 16.7. The minimum Gasteiger partial charge on any atom is -0.310 e. The molecule has 29 heavy (non-hydrogen) atoms. The zero-order valence-corrected chi connectivity index (χ0v) is 17.5. The molecule has 0 saturated carbocycles. The number of allylic oxidation sites excluding steroid dienone is 1. The van der Waals surface area contributed by atoms with Crippen LogP contribution in [0.15, 0.2) is 41.5 Å². The SMILES string of the molecule is C/C=C/CN1C(=O)C2C(NC3N(Cc4ccc(Cl)cc4)N=C(C)CN23)N(C)C1=O. The van der Waals surface area contributed by atoms with Crippen LogP contribution < -0.4 is 5.32 Å². The molecule has 3 amide bonds. The molecule has 0 aliphatic carbocycles. The number of hydrogen-bond acceptors (Lipinski definition) is 6. The first-order valence-electron chi connectivity index (χ1n) is 9.67. The highest BCUT2D eigenvalue weighted by atomic mass is 35.5. The predicted octanol–water partition coefficient (Wildman–Crippen LogP) is 1.89. The Labute approximate surface area is 175 Å². The van der Waals surface area contributed by atoms with Crippen LogP contribution in [-0.4, -0.2) is 76.0 Å². The summed E-state index contributed by atoms with van der Waals surface area (Å²) in [6.45, 7) is 5.25. The average molecular weight is 417 g/mol.